The molecule has 54 valence electrons. The van der Waals surface area contributed by atoms with Gasteiger partial charge >= 0.3 is 0 Å². The molecule has 0 unspecified atom stereocenters. The second-order valence-corrected chi connectivity index (χ2v) is 1.73. The van der Waals surface area contributed by atoms with Crippen molar-refractivity contribution in [2.24, 2.45) is 5.73 Å². The van der Waals surface area contributed by atoms with Gasteiger partial charge in [0, 0.05) is 13.0 Å². The Morgan fingerprint density at radius 1 is 1.67 bits per heavy atom. The van der Waals surface area contributed by atoms with Crippen molar-refractivity contribution in [3.63, 3.8) is 0 Å². The van der Waals surface area contributed by atoms with Crippen molar-refractivity contribution < 1.29 is 9.53 Å². The number of Topliss-reactive ketones (excluding diaryl/α,β-unsaturated/α-hetero) is 1. The molecule has 0 aromatic carbocycles. The van der Waals surface area contributed by atoms with Crippen molar-refractivity contribution in [3.05, 3.63) is 0 Å². The molecule has 0 saturated heterocycles. The summed E-state index contributed by atoms with van der Waals surface area (Å²) in [4.78, 5) is 10.5. The Bertz CT molecular complexity index is 83.1. The van der Waals surface area contributed by atoms with E-state index in [1.165, 1.54) is 0 Å². The zero-order valence-corrected chi connectivity index (χ0v) is 5.72. The van der Waals surface area contributed by atoms with E-state index in [2.05, 4.69) is 0 Å². The first-order valence-electron chi connectivity index (χ1n) is 3.10. The molecule has 0 aromatic rings. The molecule has 0 bridgehead atoms. The summed E-state index contributed by atoms with van der Waals surface area (Å²) in [6.45, 7) is 2.99. The molecule has 0 heterocycles. The van der Waals surface area contributed by atoms with Crippen LogP contribution >= 0.6 is 0 Å². The molecular weight excluding hydrogens is 118 g/mol. The minimum Gasteiger partial charge on any atom is -0.372 e. The smallest absolute Gasteiger partial charge is 0.158 e. The monoisotopic (exact) mass is 131 g/mol. The maximum atomic E-state index is 10.5. The summed E-state index contributed by atoms with van der Waals surface area (Å²) in [5, 5.41) is 0. The van der Waals surface area contributed by atoms with Gasteiger partial charge in [-0.05, 0) is 0 Å². The van der Waals surface area contributed by atoms with Crippen molar-refractivity contribution in [3.8, 4) is 0 Å². The van der Waals surface area contributed by atoms with Crippen LogP contribution in [0.25, 0.3) is 0 Å². The number of carbonyl (C=O) groups excluding carboxylic acids is 1. The summed E-state index contributed by atoms with van der Waals surface area (Å²) in [7, 11) is 0. The Kier molecular flexibility index (Phi) is 5.46. The standard InChI is InChI=1S/C6H13NO2/c1-2-6(8)5-9-4-3-7/h2-5,7H2,1H3. The van der Waals surface area contributed by atoms with E-state index in [4.69, 9.17) is 10.5 Å². The highest BCUT2D eigenvalue weighted by Gasteiger charge is 1.94. The fourth-order valence-electron chi connectivity index (χ4n) is 0.371. The third kappa shape index (κ3) is 5.46. The van der Waals surface area contributed by atoms with Crippen LogP contribution in [0.3, 0.4) is 0 Å². The summed E-state index contributed by atoms with van der Waals surface area (Å²) in [5.41, 5.74) is 5.12. The van der Waals surface area contributed by atoms with Crippen LogP contribution < -0.4 is 5.73 Å². The Morgan fingerprint density at radius 2 is 2.33 bits per heavy atom. The maximum absolute atomic E-state index is 10.5. The average Bonchev–Trinajstić information content (AvgIpc) is 1.89. The van der Waals surface area contributed by atoms with Crippen LogP contribution in [0.15, 0.2) is 0 Å². The Balaban J connectivity index is 2.97. The SMILES string of the molecule is CCC(=O)COCCN. The second kappa shape index (κ2) is 5.72. The second-order valence-electron chi connectivity index (χ2n) is 1.73. The van der Waals surface area contributed by atoms with Crippen LogP contribution in [0, 0.1) is 0 Å². The number of carbonyl (C=O) groups is 1. The van der Waals surface area contributed by atoms with Gasteiger partial charge in [-0.2, -0.15) is 0 Å². The van der Waals surface area contributed by atoms with Crippen LogP contribution in [0.1, 0.15) is 13.3 Å². The highest BCUT2D eigenvalue weighted by Crippen LogP contribution is 1.81. The normalized spacial score (nSPS) is 9.56. The van der Waals surface area contributed by atoms with E-state index >= 15 is 0 Å². The van der Waals surface area contributed by atoms with Gasteiger partial charge in [-0.1, -0.05) is 6.92 Å². The number of rotatable bonds is 5. The number of nitrogens with two attached hydrogens (primary N) is 1. The molecule has 0 radical (unpaired) electrons. The number of hydrogen-bond acceptors (Lipinski definition) is 3. The molecule has 0 aliphatic heterocycles. The topological polar surface area (TPSA) is 52.3 Å². The number of ether oxygens (including phenoxy) is 1. The molecule has 9 heavy (non-hydrogen) atoms. The minimum absolute atomic E-state index is 0.128. The van der Waals surface area contributed by atoms with Crippen molar-refractivity contribution in [1.82, 2.24) is 0 Å². The van der Waals surface area contributed by atoms with Gasteiger partial charge in [0.1, 0.15) is 6.61 Å². The van der Waals surface area contributed by atoms with Gasteiger partial charge in [-0.25, -0.2) is 0 Å². The summed E-state index contributed by atoms with van der Waals surface area (Å²) < 4.78 is 4.86. The van der Waals surface area contributed by atoms with Crippen LogP contribution in [-0.2, 0) is 9.53 Å². The third-order valence-electron chi connectivity index (χ3n) is 0.920. The van der Waals surface area contributed by atoms with Gasteiger partial charge in [0.15, 0.2) is 5.78 Å². The Morgan fingerprint density at radius 3 is 2.78 bits per heavy atom. The van der Waals surface area contributed by atoms with Gasteiger partial charge in [0.25, 0.3) is 0 Å². The van der Waals surface area contributed by atoms with Crippen molar-refractivity contribution in [2.75, 3.05) is 19.8 Å². The van der Waals surface area contributed by atoms with Gasteiger partial charge in [0.05, 0.1) is 6.61 Å². The molecule has 0 spiro atoms. The Hall–Kier alpha value is -0.410. The molecule has 2 N–H and O–H groups in total. The van der Waals surface area contributed by atoms with Crippen LogP contribution in [0.2, 0.25) is 0 Å². The minimum atomic E-state index is 0.128. The first-order chi connectivity index (χ1) is 4.31. The molecular formula is C6H13NO2. The van der Waals surface area contributed by atoms with Crippen LogP contribution in [-0.4, -0.2) is 25.5 Å². The molecule has 0 aliphatic carbocycles. The fourth-order valence-corrected chi connectivity index (χ4v) is 0.371. The highest BCUT2D eigenvalue weighted by molar-refractivity contribution is 5.79. The molecule has 0 atom stereocenters. The molecule has 0 fully saturated rings. The molecule has 3 heteroatoms. The van der Waals surface area contributed by atoms with Gasteiger partial charge in [0.2, 0.25) is 0 Å². The van der Waals surface area contributed by atoms with E-state index in [9.17, 15) is 4.79 Å². The lowest BCUT2D eigenvalue weighted by Crippen LogP contribution is -2.13. The summed E-state index contributed by atoms with van der Waals surface area (Å²) in [6.07, 6.45) is 0.546. The van der Waals surface area contributed by atoms with E-state index in [0.29, 0.717) is 19.6 Å². The van der Waals surface area contributed by atoms with E-state index in [1.807, 2.05) is 6.92 Å². The maximum Gasteiger partial charge on any atom is 0.158 e. The lowest BCUT2D eigenvalue weighted by Gasteiger charge is -1.97. The van der Waals surface area contributed by atoms with Crippen molar-refractivity contribution in [2.45, 2.75) is 13.3 Å². The summed E-state index contributed by atoms with van der Waals surface area (Å²) >= 11 is 0. The van der Waals surface area contributed by atoms with Crippen molar-refractivity contribution in [1.29, 1.82) is 0 Å². The molecule has 0 amide bonds. The van der Waals surface area contributed by atoms with E-state index < -0.39 is 0 Å². The lowest BCUT2D eigenvalue weighted by atomic mass is 10.3. The Labute approximate surface area is 55.2 Å². The average molecular weight is 131 g/mol. The van der Waals surface area contributed by atoms with E-state index in [1.54, 1.807) is 0 Å². The first-order valence-corrected chi connectivity index (χ1v) is 3.10. The quantitative estimate of drug-likeness (QED) is 0.532. The molecule has 3 nitrogen and oxygen atoms in total. The summed E-state index contributed by atoms with van der Waals surface area (Å²) in [5.74, 6) is 0.128. The molecule has 0 aliphatic rings. The zero-order chi connectivity index (χ0) is 7.11. The first kappa shape index (κ1) is 8.59. The largest absolute Gasteiger partial charge is 0.372 e. The zero-order valence-electron chi connectivity index (χ0n) is 5.72. The van der Waals surface area contributed by atoms with Crippen molar-refractivity contribution >= 4 is 5.78 Å². The summed E-state index contributed by atoms with van der Waals surface area (Å²) in [6, 6.07) is 0. The third-order valence-corrected chi connectivity index (χ3v) is 0.920. The molecule has 0 rings (SSSR count). The predicted molar refractivity (Wildman–Crippen MR) is 35.2 cm³/mol. The van der Waals surface area contributed by atoms with E-state index in [0.717, 1.165) is 0 Å². The van der Waals surface area contributed by atoms with Gasteiger partial charge in [-0.3, -0.25) is 4.79 Å². The molecule has 0 aromatic heterocycles. The predicted octanol–water partition coefficient (Wildman–Crippen LogP) is -0.0592. The van der Waals surface area contributed by atoms with E-state index in [-0.39, 0.29) is 12.4 Å². The molecule has 0 saturated carbocycles. The van der Waals surface area contributed by atoms with Crippen LogP contribution in [0.5, 0.6) is 0 Å². The fraction of sp³-hybridized carbons (Fsp3) is 0.833. The van der Waals surface area contributed by atoms with Crippen LogP contribution in [0.4, 0.5) is 0 Å². The lowest BCUT2D eigenvalue weighted by molar-refractivity contribution is -0.123. The number of hydrogen-bond donors (Lipinski definition) is 1. The van der Waals surface area contributed by atoms with Gasteiger partial charge in [-0.15, -0.1) is 0 Å². The highest BCUT2D eigenvalue weighted by atomic mass is 16.5. The number of ketones is 1. The van der Waals surface area contributed by atoms with Gasteiger partial charge < -0.3 is 10.5 Å².